The van der Waals surface area contributed by atoms with Gasteiger partial charge in [-0.1, -0.05) is 56.3 Å². The summed E-state index contributed by atoms with van der Waals surface area (Å²) < 4.78 is 0. The Balaban J connectivity index is 2.00. The molecule has 0 bridgehead atoms. The van der Waals surface area contributed by atoms with E-state index in [-0.39, 0.29) is 24.3 Å². The highest BCUT2D eigenvalue weighted by Crippen LogP contribution is 2.17. The minimum Gasteiger partial charge on any atom is -0.368 e. The van der Waals surface area contributed by atoms with Gasteiger partial charge in [-0.2, -0.15) is 0 Å². The van der Waals surface area contributed by atoms with Gasteiger partial charge in [0.05, 0.1) is 23.3 Å². The highest BCUT2D eigenvalue weighted by Gasteiger charge is 2.32. The van der Waals surface area contributed by atoms with Gasteiger partial charge in [0.15, 0.2) is 0 Å². The Morgan fingerprint density at radius 2 is 1.63 bits per heavy atom. The summed E-state index contributed by atoms with van der Waals surface area (Å²) in [6, 6.07) is 16.4. The summed E-state index contributed by atoms with van der Waals surface area (Å²) in [7, 11) is 0. The number of carbonyl (C=O) groups excluding carboxylic acids is 3. The van der Waals surface area contributed by atoms with E-state index in [4.69, 9.17) is 5.73 Å². The summed E-state index contributed by atoms with van der Waals surface area (Å²) in [4.78, 5) is 36.9. The average molecular weight is 411 g/mol. The van der Waals surface area contributed by atoms with Crippen LogP contribution in [0.25, 0.3) is 0 Å². The molecule has 0 radical (unpaired) electrons. The van der Waals surface area contributed by atoms with Gasteiger partial charge >= 0.3 is 0 Å². The first-order valence-electron chi connectivity index (χ1n) is 9.97. The zero-order chi connectivity index (χ0) is 22.1. The van der Waals surface area contributed by atoms with Gasteiger partial charge in [0.1, 0.15) is 0 Å². The lowest BCUT2D eigenvalue weighted by Crippen LogP contribution is -2.55. The number of carbonyl (C=O) groups is 3. The summed E-state index contributed by atoms with van der Waals surface area (Å²) in [5.74, 6) is -0.934. The van der Waals surface area contributed by atoms with E-state index in [9.17, 15) is 14.4 Å². The zero-order valence-corrected chi connectivity index (χ0v) is 17.7. The van der Waals surface area contributed by atoms with Crippen LogP contribution in [0.15, 0.2) is 54.6 Å². The van der Waals surface area contributed by atoms with E-state index < -0.39 is 11.4 Å². The molecule has 2 aromatic carbocycles. The minimum absolute atomic E-state index is 0.105. The van der Waals surface area contributed by atoms with Crippen molar-refractivity contribution in [3.63, 3.8) is 0 Å². The van der Waals surface area contributed by atoms with Crippen LogP contribution in [0, 0.1) is 5.92 Å². The number of nitrogens with two attached hydrogens (primary N) is 1. The summed E-state index contributed by atoms with van der Waals surface area (Å²) in [5, 5.41) is 8.55. The Labute approximate surface area is 177 Å². The van der Waals surface area contributed by atoms with Crippen LogP contribution in [0.5, 0.6) is 0 Å². The number of amides is 3. The van der Waals surface area contributed by atoms with Gasteiger partial charge in [0.25, 0.3) is 5.91 Å². The fraction of sp³-hybridized carbons (Fsp3) is 0.348. The van der Waals surface area contributed by atoms with Gasteiger partial charge in [0.2, 0.25) is 11.8 Å². The second-order valence-corrected chi connectivity index (χ2v) is 7.91. The van der Waals surface area contributed by atoms with E-state index in [1.54, 1.807) is 31.2 Å². The maximum Gasteiger partial charge on any atom is 0.253 e. The lowest BCUT2D eigenvalue weighted by atomic mass is 9.90. The molecule has 5 N–H and O–H groups in total. The monoisotopic (exact) mass is 410 g/mol. The largest absolute Gasteiger partial charge is 0.368 e. The predicted octanol–water partition coefficient (Wildman–Crippen LogP) is 2.43. The quantitative estimate of drug-likeness (QED) is 0.482. The van der Waals surface area contributed by atoms with Crippen LogP contribution in [-0.4, -0.2) is 29.8 Å². The fourth-order valence-electron chi connectivity index (χ4n) is 3.21. The minimum atomic E-state index is -0.988. The number of hydrogen-bond acceptors (Lipinski definition) is 4. The molecular weight excluding hydrogens is 380 g/mol. The number of hydrogen-bond donors (Lipinski definition) is 4. The average Bonchev–Trinajstić information content (AvgIpc) is 2.71. The normalized spacial score (nSPS) is 12.8. The number of anilines is 1. The van der Waals surface area contributed by atoms with Crippen LogP contribution in [0.3, 0.4) is 0 Å². The van der Waals surface area contributed by atoms with Gasteiger partial charge in [0, 0.05) is 6.54 Å². The van der Waals surface area contributed by atoms with Gasteiger partial charge < -0.3 is 16.4 Å². The van der Waals surface area contributed by atoms with Crippen molar-refractivity contribution in [1.29, 1.82) is 0 Å². The molecule has 0 fully saturated rings. The topological polar surface area (TPSA) is 113 Å². The van der Waals surface area contributed by atoms with Crippen molar-refractivity contribution >= 4 is 23.4 Å². The molecule has 0 aliphatic rings. The first-order chi connectivity index (χ1) is 14.2. The van der Waals surface area contributed by atoms with Gasteiger partial charge in [-0.05, 0) is 37.0 Å². The first-order valence-corrected chi connectivity index (χ1v) is 9.97. The molecule has 7 heteroatoms. The maximum absolute atomic E-state index is 12.6. The summed E-state index contributed by atoms with van der Waals surface area (Å²) in [6.07, 6.45) is 0.508. The smallest absolute Gasteiger partial charge is 0.253 e. The fourth-order valence-corrected chi connectivity index (χ4v) is 3.21. The van der Waals surface area contributed by atoms with Gasteiger partial charge in [-0.3, -0.25) is 19.7 Å². The van der Waals surface area contributed by atoms with Crippen LogP contribution >= 0.6 is 0 Å². The second kappa shape index (κ2) is 10.5. The molecule has 0 heterocycles. The predicted molar refractivity (Wildman–Crippen MR) is 118 cm³/mol. The number of para-hydroxylation sites is 1. The van der Waals surface area contributed by atoms with Crippen molar-refractivity contribution in [3.05, 3.63) is 65.7 Å². The van der Waals surface area contributed by atoms with Crippen molar-refractivity contribution in [2.45, 2.75) is 39.3 Å². The van der Waals surface area contributed by atoms with E-state index in [1.807, 2.05) is 44.2 Å². The molecule has 0 aliphatic carbocycles. The van der Waals surface area contributed by atoms with E-state index in [0.29, 0.717) is 24.2 Å². The molecule has 7 nitrogen and oxygen atoms in total. The molecule has 0 aliphatic heterocycles. The van der Waals surface area contributed by atoms with E-state index in [0.717, 1.165) is 5.56 Å². The highest BCUT2D eigenvalue weighted by molar-refractivity contribution is 6.04. The highest BCUT2D eigenvalue weighted by atomic mass is 16.2. The standard InChI is InChI=1S/C23H30N4O3/c1-16(2)13-23(3,22(24)30)26-15-20(28)27-19-12-8-7-11-18(19)21(29)25-14-17-9-5-4-6-10-17/h4-12,16,26H,13-15H2,1-3H3,(H2,24,30)(H,25,29)(H,27,28). The van der Waals surface area contributed by atoms with E-state index >= 15 is 0 Å². The Morgan fingerprint density at radius 3 is 2.27 bits per heavy atom. The van der Waals surface area contributed by atoms with Crippen molar-refractivity contribution in [2.75, 3.05) is 11.9 Å². The van der Waals surface area contributed by atoms with Crippen molar-refractivity contribution < 1.29 is 14.4 Å². The van der Waals surface area contributed by atoms with E-state index in [1.165, 1.54) is 0 Å². The SMILES string of the molecule is CC(C)CC(C)(NCC(=O)Nc1ccccc1C(=O)NCc1ccccc1)C(N)=O. The number of nitrogens with one attached hydrogen (secondary N) is 3. The molecule has 1 atom stereocenters. The van der Waals surface area contributed by atoms with Crippen LogP contribution in [0.1, 0.15) is 43.1 Å². The molecule has 1 unspecified atom stereocenters. The van der Waals surface area contributed by atoms with Crippen LogP contribution in [0.4, 0.5) is 5.69 Å². The Kier molecular flexibility index (Phi) is 8.12. The maximum atomic E-state index is 12.6. The molecule has 2 aromatic rings. The molecule has 2 rings (SSSR count). The third kappa shape index (κ3) is 6.70. The summed E-state index contributed by atoms with van der Waals surface area (Å²) in [6.45, 7) is 5.93. The Hall–Kier alpha value is -3.19. The van der Waals surface area contributed by atoms with Crippen LogP contribution < -0.4 is 21.7 Å². The summed E-state index contributed by atoms with van der Waals surface area (Å²) >= 11 is 0. The molecule has 0 aromatic heterocycles. The van der Waals surface area contributed by atoms with E-state index in [2.05, 4.69) is 16.0 Å². The van der Waals surface area contributed by atoms with Crippen LogP contribution in [-0.2, 0) is 16.1 Å². The first kappa shape index (κ1) is 23.1. The number of benzene rings is 2. The van der Waals surface area contributed by atoms with Crippen molar-refractivity contribution in [1.82, 2.24) is 10.6 Å². The summed E-state index contributed by atoms with van der Waals surface area (Å²) in [5.41, 5.74) is 6.27. The molecule has 160 valence electrons. The molecule has 3 amide bonds. The molecular formula is C23H30N4O3. The molecule has 0 saturated carbocycles. The molecule has 0 saturated heterocycles. The lowest BCUT2D eigenvalue weighted by Gasteiger charge is -2.29. The van der Waals surface area contributed by atoms with Crippen LogP contribution in [0.2, 0.25) is 0 Å². The number of rotatable bonds is 10. The zero-order valence-electron chi connectivity index (χ0n) is 17.7. The third-order valence-electron chi connectivity index (χ3n) is 4.74. The lowest BCUT2D eigenvalue weighted by molar-refractivity contribution is -0.125. The van der Waals surface area contributed by atoms with Crippen molar-refractivity contribution in [3.8, 4) is 0 Å². The second-order valence-electron chi connectivity index (χ2n) is 7.91. The van der Waals surface area contributed by atoms with Gasteiger partial charge in [-0.15, -0.1) is 0 Å². The Morgan fingerprint density at radius 1 is 1.00 bits per heavy atom. The van der Waals surface area contributed by atoms with Crippen molar-refractivity contribution in [2.24, 2.45) is 11.7 Å². The molecule has 30 heavy (non-hydrogen) atoms. The Bertz CT molecular complexity index is 883. The third-order valence-corrected chi connectivity index (χ3v) is 4.74. The number of primary amides is 1. The van der Waals surface area contributed by atoms with Gasteiger partial charge in [-0.25, -0.2) is 0 Å². The molecule has 0 spiro atoms.